The maximum absolute atomic E-state index is 13.6. The van der Waals surface area contributed by atoms with Crippen molar-refractivity contribution in [2.45, 2.75) is 152 Å². The lowest BCUT2D eigenvalue weighted by Gasteiger charge is -2.50. The predicted molar refractivity (Wildman–Crippen MR) is 208 cm³/mol. The van der Waals surface area contributed by atoms with Crippen LogP contribution in [0.3, 0.4) is 0 Å². The predicted octanol–water partition coefficient (Wildman–Crippen LogP) is 11.4. The number of aryl methyl sites for hydroxylation is 1. The van der Waals surface area contributed by atoms with Gasteiger partial charge in [-0.05, 0) is 144 Å². The van der Waals surface area contributed by atoms with E-state index in [1.807, 2.05) is 21.6 Å². The highest BCUT2D eigenvalue weighted by Crippen LogP contribution is 2.61. The molecule has 54 heavy (non-hydrogen) atoms. The maximum atomic E-state index is 13.6. The zero-order valence-corrected chi connectivity index (χ0v) is 34.7. The van der Waals surface area contributed by atoms with Gasteiger partial charge in [-0.25, -0.2) is 0 Å². The Hall–Kier alpha value is -0.860. The standard InChI is InChI=1S/C41H65F6NO4S2/c1-6-19-39(40(42,43)44,41(45,46)47)52-26-11-25-51-36-17-16-35-34-14-12-30-29-31(13-15-32(30)33(34)18-20-38(35,36)4)50-27-23-48(5)22-21-37(2,3)54-53-28-10-8-7-9-24-49/h13,15,29,33-36,49H,6-12,14,16-28H2,1-5H3/t33-,34-,35+,36+,38+/m1/s1. The second-order valence-corrected chi connectivity index (χ2v) is 19.9. The van der Waals surface area contributed by atoms with E-state index in [-0.39, 0.29) is 35.7 Å². The Kier molecular flexibility index (Phi) is 17.2. The third-order valence-electron chi connectivity index (χ3n) is 12.3. The molecule has 5 atom stereocenters. The van der Waals surface area contributed by atoms with Crippen LogP contribution in [0.25, 0.3) is 0 Å². The molecule has 1 aromatic rings. The first-order valence-corrected chi connectivity index (χ1v) is 22.5. The largest absolute Gasteiger partial charge is 0.492 e. The maximum Gasteiger partial charge on any atom is 0.426 e. The molecule has 2 fully saturated rings. The topological polar surface area (TPSA) is 51.2 Å². The van der Waals surface area contributed by atoms with Gasteiger partial charge in [0.2, 0.25) is 0 Å². The molecule has 3 aliphatic carbocycles. The number of likely N-dealkylation sites (N-methyl/N-ethyl adjacent to an activating group) is 1. The van der Waals surface area contributed by atoms with Crippen LogP contribution in [0.15, 0.2) is 18.2 Å². The lowest BCUT2D eigenvalue weighted by Crippen LogP contribution is -2.58. The van der Waals surface area contributed by atoms with E-state index in [9.17, 15) is 26.3 Å². The number of alkyl halides is 6. The van der Waals surface area contributed by atoms with Crippen LogP contribution in [0.2, 0.25) is 0 Å². The van der Waals surface area contributed by atoms with Gasteiger partial charge >= 0.3 is 12.4 Å². The molecule has 0 aliphatic heterocycles. The Balaban J connectivity index is 1.20. The van der Waals surface area contributed by atoms with E-state index in [2.05, 4.69) is 55.7 Å². The summed E-state index contributed by atoms with van der Waals surface area (Å²) >= 11 is 0. The average molecular weight is 814 g/mol. The first-order chi connectivity index (χ1) is 25.5. The summed E-state index contributed by atoms with van der Waals surface area (Å²) in [7, 11) is 6.10. The molecule has 1 N–H and O–H groups in total. The molecule has 5 nitrogen and oxygen atoms in total. The molecular weight excluding hydrogens is 749 g/mol. The number of hydrogen-bond donors (Lipinski definition) is 1. The first kappa shape index (κ1) is 45.8. The number of hydrogen-bond acceptors (Lipinski definition) is 7. The van der Waals surface area contributed by atoms with Crippen LogP contribution in [0, 0.1) is 17.3 Å². The fraction of sp³-hybridized carbons (Fsp3) is 0.854. The minimum Gasteiger partial charge on any atom is -0.492 e. The molecule has 0 aromatic heterocycles. The smallest absolute Gasteiger partial charge is 0.426 e. The van der Waals surface area contributed by atoms with E-state index in [1.54, 1.807) is 0 Å². The molecule has 2 saturated carbocycles. The summed E-state index contributed by atoms with van der Waals surface area (Å²) in [6, 6.07) is 6.61. The number of halogens is 6. The molecule has 0 spiro atoms. The van der Waals surface area contributed by atoms with Gasteiger partial charge in [0.15, 0.2) is 0 Å². The number of unbranched alkanes of at least 4 members (excludes halogenated alkanes) is 3. The molecule has 3 aliphatic rings. The van der Waals surface area contributed by atoms with Gasteiger partial charge in [0.1, 0.15) is 12.4 Å². The van der Waals surface area contributed by atoms with Crippen molar-refractivity contribution in [2.75, 3.05) is 52.3 Å². The summed E-state index contributed by atoms with van der Waals surface area (Å²) in [5, 5.41) is 8.92. The van der Waals surface area contributed by atoms with Gasteiger partial charge in [0.05, 0.1) is 12.7 Å². The Bertz CT molecular complexity index is 1270. The SMILES string of the molecule is CCCC(OCCCO[C@H]1CC[C@H]2[C@@H]3CCc4cc(OCCN(C)CCC(C)(C)SSCCCCCCO)ccc4[C@H]3CC[C@]12C)(C(F)(F)F)C(F)(F)F. The van der Waals surface area contributed by atoms with E-state index in [0.29, 0.717) is 31.0 Å². The third kappa shape index (κ3) is 11.6. The van der Waals surface area contributed by atoms with Crippen molar-refractivity contribution < 1.29 is 45.7 Å². The number of rotatable bonds is 23. The molecule has 0 bridgehead atoms. The van der Waals surface area contributed by atoms with E-state index < -0.39 is 31.0 Å². The van der Waals surface area contributed by atoms with Crippen LogP contribution < -0.4 is 4.74 Å². The van der Waals surface area contributed by atoms with Crippen molar-refractivity contribution >= 4 is 21.6 Å². The molecule has 0 radical (unpaired) electrons. The highest BCUT2D eigenvalue weighted by molar-refractivity contribution is 8.77. The Labute approximate surface area is 328 Å². The number of nitrogens with zero attached hydrogens (tertiary/aromatic N) is 1. The van der Waals surface area contributed by atoms with Crippen LogP contribution in [0.1, 0.15) is 128 Å². The van der Waals surface area contributed by atoms with Gasteiger partial charge in [-0.15, -0.1) is 0 Å². The average Bonchev–Trinajstić information content (AvgIpc) is 3.44. The summed E-state index contributed by atoms with van der Waals surface area (Å²) in [4.78, 5) is 2.34. The van der Waals surface area contributed by atoms with Gasteiger partial charge in [-0.1, -0.05) is 60.8 Å². The lowest BCUT2D eigenvalue weighted by atomic mass is 9.55. The van der Waals surface area contributed by atoms with Gasteiger partial charge in [0.25, 0.3) is 5.60 Å². The minimum absolute atomic E-state index is 0.0280. The number of fused-ring (bicyclic) bond motifs is 5. The van der Waals surface area contributed by atoms with Gasteiger partial charge in [0, 0.05) is 30.3 Å². The van der Waals surface area contributed by atoms with Crippen molar-refractivity contribution in [2.24, 2.45) is 17.3 Å². The van der Waals surface area contributed by atoms with Crippen LogP contribution >= 0.6 is 21.6 Å². The summed E-state index contributed by atoms with van der Waals surface area (Å²) in [5.41, 5.74) is -1.41. The minimum atomic E-state index is -5.55. The molecular formula is C41H65F6NO4S2. The lowest BCUT2D eigenvalue weighted by molar-refractivity contribution is -0.383. The molecule has 13 heteroatoms. The second kappa shape index (κ2) is 20.2. The fourth-order valence-corrected chi connectivity index (χ4v) is 11.9. The van der Waals surface area contributed by atoms with Gasteiger partial charge in [-0.3, -0.25) is 0 Å². The normalized spacial score (nSPS) is 24.8. The van der Waals surface area contributed by atoms with Crippen molar-refractivity contribution in [3.63, 3.8) is 0 Å². The van der Waals surface area contributed by atoms with E-state index >= 15 is 0 Å². The number of aliphatic hydroxyl groups is 1. The fourth-order valence-electron chi connectivity index (χ4n) is 9.20. The van der Waals surface area contributed by atoms with Crippen molar-refractivity contribution in [1.29, 1.82) is 0 Å². The summed E-state index contributed by atoms with van der Waals surface area (Å²) in [6.45, 7) is 10.4. The van der Waals surface area contributed by atoms with E-state index in [1.165, 1.54) is 30.9 Å². The van der Waals surface area contributed by atoms with Crippen LogP contribution in [0.5, 0.6) is 5.75 Å². The zero-order valence-electron chi connectivity index (χ0n) is 33.1. The monoisotopic (exact) mass is 813 g/mol. The molecule has 0 amide bonds. The summed E-state index contributed by atoms with van der Waals surface area (Å²) < 4.78 is 98.9. The highest BCUT2D eigenvalue weighted by Gasteiger charge is 2.71. The molecule has 0 saturated heterocycles. The molecule has 4 rings (SSSR count). The Morgan fingerprint density at radius 1 is 0.889 bits per heavy atom. The first-order valence-electron chi connectivity index (χ1n) is 20.2. The van der Waals surface area contributed by atoms with Crippen molar-refractivity contribution in [3.05, 3.63) is 29.3 Å². The molecule has 0 unspecified atom stereocenters. The molecule has 0 heterocycles. The summed E-state index contributed by atoms with van der Waals surface area (Å²) in [5.74, 6) is 3.54. The number of aliphatic hydroxyl groups excluding tert-OH is 1. The zero-order chi connectivity index (χ0) is 39.6. The van der Waals surface area contributed by atoms with E-state index in [0.717, 1.165) is 82.4 Å². The quantitative estimate of drug-likeness (QED) is 0.0671. The highest BCUT2D eigenvalue weighted by atomic mass is 33.1. The van der Waals surface area contributed by atoms with Crippen LogP contribution in [-0.4, -0.2) is 91.1 Å². The second-order valence-electron chi connectivity index (χ2n) is 16.7. The third-order valence-corrected chi connectivity index (χ3v) is 15.8. The van der Waals surface area contributed by atoms with E-state index in [4.69, 9.17) is 14.6 Å². The number of ether oxygens (including phenoxy) is 3. The molecule has 312 valence electrons. The summed E-state index contributed by atoms with van der Waals surface area (Å²) in [6.07, 6.45) is -1.17. The molecule has 1 aromatic carbocycles. The van der Waals surface area contributed by atoms with Crippen LogP contribution in [0.4, 0.5) is 26.3 Å². The van der Waals surface area contributed by atoms with Gasteiger partial charge < -0.3 is 24.2 Å². The Morgan fingerprint density at radius 2 is 1.63 bits per heavy atom. The van der Waals surface area contributed by atoms with Crippen molar-refractivity contribution in [3.8, 4) is 5.75 Å². The Morgan fingerprint density at radius 3 is 2.33 bits per heavy atom. The number of benzene rings is 1. The van der Waals surface area contributed by atoms with Crippen molar-refractivity contribution in [1.82, 2.24) is 4.90 Å². The van der Waals surface area contributed by atoms with Gasteiger partial charge in [-0.2, -0.15) is 26.3 Å². The van der Waals surface area contributed by atoms with Crippen LogP contribution in [-0.2, 0) is 15.9 Å².